The van der Waals surface area contributed by atoms with Crippen molar-refractivity contribution in [2.24, 2.45) is 5.73 Å². The number of thioether (sulfide) groups is 1. The van der Waals surface area contributed by atoms with Crippen LogP contribution in [0.25, 0.3) is 0 Å². The molecule has 0 saturated heterocycles. The lowest BCUT2D eigenvalue weighted by Gasteiger charge is -2.22. The second kappa shape index (κ2) is 6.41. The summed E-state index contributed by atoms with van der Waals surface area (Å²) >= 11 is 3.70. The lowest BCUT2D eigenvalue weighted by molar-refractivity contribution is 0.638. The van der Waals surface area contributed by atoms with E-state index in [0.717, 1.165) is 6.42 Å². The zero-order valence-corrected chi connectivity index (χ0v) is 12.4. The van der Waals surface area contributed by atoms with Gasteiger partial charge in [-0.2, -0.15) is 0 Å². The Bertz CT molecular complexity index is 478. The highest BCUT2D eigenvalue weighted by atomic mass is 32.2. The van der Waals surface area contributed by atoms with E-state index < -0.39 is 0 Å². The van der Waals surface area contributed by atoms with Crippen molar-refractivity contribution in [3.05, 3.63) is 52.2 Å². The summed E-state index contributed by atoms with van der Waals surface area (Å²) in [5, 5.41) is 2.52. The summed E-state index contributed by atoms with van der Waals surface area (Å²) in [6.45, 7) is 4.33. The molecule has 2 aromatic rings. The van der Waals surface area contributed by atoms with Crippen molar-refractivity contribution in [1.82, 2.24) is 0 Å². The van der Waals surface area contributed by atoms with Crippen molar-refractivity contribution in [1.29, 1.82) is 0 Å². The fraction of sp³-hybridized carbons (Fsp3) is 0.333. The van der Waals surface area contributed by atoms with Crippen LogP contribution in [0.1, 0.15) is 29.0 Å². The molecule has 1 aromatic carbocycles. The van der Waals surface area contributed by atoms with Crippen LogP contribution in [0.3, 0.4) is 0 Å². The third-order valence-corrected chi connectivity index (χ3v) is 5.66. The van der Waals surface area contributed by atoms with E-state index in [9.17, 15) is 0 Å². The second-order valence-corrected chi connectivity index (χ2v) is 6.55. The minimum absolute atomic E-state index is 0.201. The minimum atomic E-state index is 0.201. The first kappa shape index (κ1) is 13.7. The van der Waals surface area contributed by atoms with Crippen LogP contribution in [0.5, 0.6) is 0 Å². The lowest BCUT2D eigenvalue weighted by atomic mass is 10.1. The van der Waals surface area contributed by atoms with Gasteiger partial charge in [-0.1, -0.05) is 25.1 Å². The number of hydrogen-bond donors (Lipinski definition) is 1. The van der Waals surface area contributed by atoms with E-state index in [1.54, 1.807) is 0 Å². The summed E-state index contributed by atoms with van der Waals surface area (Å²) in [7, 11) is 0. The summed E-state index contributed by atoms with van der Waals surface area (Å²) in [4.78, 5) is 2.71. The van der Waals surface area contributed by atoms with Crippen LogP contribution < -0.4 is 5.73 Å². The van der Waals surface area contributed by atoms with Gasteiger partial charge in [0.15, 0.2) is 0 Å². The predicted molar refractivity (Wildman–Crippen MR) is 82.4 cm³/mol. The molecule has 0 aliphatic rings. The van der Waals surface area contributed by atoms with E-state index in [4.69, 9.17) is 5.73 Å². The normalized spacial score (nSPS) is 14.4. The molecule has 1 heterocycles. The quantitative estimate of drug-likeness (QED) is 0.807. The van der Waals surface area contributed by atoms with Crippen molar-refractivity contribution in [2.45, 2.75) is 36.5 Å². The molecule has 2 unspecified atom stereocenters. The third kappa shape index (κ3) is 3.16. The summed E-state index contributed by atoms with van der Waals surface area (Å²) < 4.78 is 0. The first-order valence-electron chi connectivity index (χ1n) is 6.23. The van der Waals surface area contributed by atoms with E-state index in [0.29, 0.717) is 5.25 Å². The zero-order chi connectivity index (χ0) is 13.0. The summed E-state index contributed by atoms with van der Waals surface area (Å²) in [6, 6.07) is 12.9. The molecule has 0 bridgehead atoms. The summed E-state index contributed by atoms with van der Waals surface area (Å²) in [5.41, 5.74) is 7.67. The molecule has 2 rings (SSSR count). The second-order valence-electron chi connectivity index (χ2n) is 4.39. The van der Waals surface area contributed by atoms with Crippen LogP contribution in [0.15, 0.2) is 46.7 Å². The molecule has 1 nitrogen and oxygen atoms in total. The first-order chi connectivity index (χ1) is 8.72. The third-order valence-electron chi connectivity index (χ3n) is 3.03. The van der Waals surface area contributed by atoms with Gasteiger partial charge in [-0.3, -0.25) is 0 Å². The molecule has 0 radical (unpaired) electrons. The molecule has 1 aromatic heterocycles. The van der Waals surface area contributed by atoms with Crippen LogP contribution in [-0.4, -0.2) is 6.04 Å². The standard InChI is InChI=1S/C15H19NS2/c1-3-13(16)15(14-11(2)9-10-17-14)18-12-7-5-4-6-8-12/h4-10,13,15H,3,16H2,1-2H3. The van der Waals surface area contributed by atoms with Crippen molar-refractivity contribution >= 4 is 23.1 Å². The molecule has 96 valence electrons. The average molecular weight is 277 g/mol. The SMILES string of the molecule is CCC(N)C(Sc1ccccc1)c1sccc1C. The maximum absolute atomic E-state index is 6.31. The van der Waals surface area contributed by atoms with Crippen molar-refractivity contribution in [3.8, 4) is 0 Å². The van der Waals surface area contributed by atoms with Crippen molar-refractivity contribution < 1.29 is 0 Å². The van der Waals surface area contributed by atoms with Gasteiger partial charge in [0, 0.05) is 15.8 Å². The fourth-order valence-electron chi connectivity index (χ4n) is 1.87. The Balaban J connectivity index is 2.24. The smallest absolute Gasteiger partial charge is 0.0591 e. The minimum Gasteiger partial charge on any atom is -0.326 e. The van der Waals surface area contributed by atoms with Gasteiger partial charge in [0.25, 0.3) is 0 Å². The highest BCUT2D eigenvalue weighted by molar-refractivity contribution is 7.99. The molecule has 0 saturated carbocycles. The topological polar surface area (TPSA) is 26.0 Å². The molecule has 0 amide bonds. The van der Waals surface area contributed by atoms with E-state index in [1.165, 1.54) is 15.3 Å². The molecular weight excluding hydrogens is 258 g/mol. The van der Waals surface area contributed by atoms with Gasteiger partial charge in [-0.15, -0.1) is 23.1 Å². The number of nitrogens with two attached hydrogens (primary N) is 1. The average Bonchev–Trinajstić information content (AvgIpc) is 2.82. The molecule has 18 heavy (non-hydrogen) atoms. The molecule has 2 atom stereocenters. The van der Waals surface area contributed by atoms with Crippen LogP contribution in [0.2, 0.25) is 0 Å². The molecular formula is C15H19NS2. The Hall–Kier alpha value is -0.770. The summed E-state index contributed by atoms with van der Waals surface area (Å²) in [5.74, 6) is 0. The molecule has 0 aliphatic carbocycles. The fourth-order valence-corrected chi connectivity index (χ4v) is 4.43. The van der Waals surface area contributed by atoms with E-state index in [-0.39, 0.29) is 6.04 Å². The largest absolute Gasteiger partial charge is 0.326 e. The number of aryl methyl sites for hydroxylation is 1. The van der Waals surface area contributed by atoms with Crippen LogP contribution in [-0.2, 0) is 0 Å². The van der Waals surface area contributed by atoms with Gasteiger partial charge >= 0.3 is 0 Å². The van der Waals surface area contributed by atoms with Gasteiger partial charge in [0.2, 0.25) is 0 Å². The Morgan fingerprint density at radius 2 is 1.94 bits per heavy atom. The number of thiophene rings is 1. The lowest BCUT2D eigenvalue weighted by Crippen LogP contribution is -2.25. The van der Waals surface area contributed by atoms with Gasteiger partial charge in [-0.05, 0) is 42.5 Å². The van der Waals surface area contributed by atoms with Crippen molar-refractivity contribution in [3.63, 3.8) is 0 Å². The predicted octanol–water partition coefficient (Wildman–Crippen LogP) is 4.63. The first-order valence-corrected chi connectivity index (χ1v) is 7.99. The van der Waals surface area contributed by atoms with E-state index in [2.05, 4.69) is 55.6 Å². The number of rotatable bonds is 5. The van der Waals surface area contributed by atoms with E-state index in [1.807, 2.05) is 23.1 Å². The molecule has 0 aliphatic heterocycles. The Kier molecular flexibility index (Phi) is 4.87. The molecule has 0 spiro atoms. The monoisotopic (exact) mass is 277 g/mol. The Morgan fingerprint density at radius 1 is 1.22 bits per heavy atom. The highest BCUT2D eigenvalue weighted by Crippen LogP contribution is 2.41. The zero-order valence-electron chi connectivity index (χ0n) is 10.8. The van der Waals surface area contributed by atoms with E-state index >= 15 is 0 Å². The molecule has 0 fully saturated rings. The molecule has 3 heteroatoms. The van der Waals surface area contributed by atoms with Crippen LogP contribution in [0.4, 0.5) is 0 Å². The Morgan fingerprint density at radius 3 is 2.50 bits per heavy atom. The highest BCUT2D eigenvalue weighted by Gasteiger charge is 2.22. The molecule has 2 N–H and O–H groups in total. The van der Waals surface area contributed by atoms with Gasteiger partial charge in [0.05, 0.1) is 5.25 Å². The Labute approximate surface area is 117 Å². The van der Waals surface area contributed by atoms with Crippen LogP contribution in [0, 0.1) is 6.92 Å². The number of benzene rings is 1. The van der Waals surface area contributed by atoms with Gasteiger partial charge in [-0.25, -0.2) is 0 Å². The van der Waals surface area contributed by atoms with Crippen LogP contribution >= 0.6 is 23.1 Å². The van der Waals surface area contributed by atoms with Crippen molar-refractivity contribution in [2.75, 3.05) is 0 Å². The van der Waals surface area contributed by atoms with Gasteiger partial charge < -0.3 is 5.73 Å². The maximum atomic E-state index is 6.31. The maximum Gasteiger partial charge on any atom is 0.0591 e. The number of hydrogen-bond acceptors (Lipinski definition) is 3. The summed E-state index contributed by atoms with van der Waals surface area (Å²) in [6.07, 6.45) is 1.00. The van der Waals surface area contributed by atoms with Gasteiger partial charge in [0.1, 0.15) is 0 Å².